The second-order valence-corrected chi connectivity index (χ2v) is 8.15. The van der Waals surface area contributed by atoms with Crippen molar-refractivity contribution in [3.8, 4) is 0 Å². The van der Waals surface area contributed by atoms with Gasteiger partial charge in [0.05, 0.1) is 17.6 Å². The van der Waals surface area contributed by atoms with E-state index in [1.807, 2.05) is 11.0 Å². The third-order valence-electron chi connectivity index (χ3n) is 5.61. The summed E-state index contributed by atoms with van der Waals surface area (Å²) in [6.07, 6.45) is 3.76. The van der Waals surface area contributed by atoms with Crippen molar-refractivity contribution >= 4 is 34.6 Å². The smallest absolute Gasteiger partial charge is 0.318 e. The monoisotopic (exact) mass is 421 g/mol. The van der Waals surface area contributed by atoms with E-state index in [2.05, 4.69) is 15.6 Å². The molecule has 2 aliphatic rings. The minimum Gasteiger partial charge on any atom is -0.357 e. The molecule has 4 rings (SSSR count). The lowest BCUT2D eigenvalue weighted by Crippen LogP contribution is -2.56. The number of piperidine rings is 1. The molecular weight excluding hydrogens is 397 g/mol. The van der Waals surface area contributed by atoms with Gasteiger partial charge in [-0.15, -0.1) is 0 Å². The lowest BCUT2D eigenvalue weighted by Gasteiger charge is -2.39. The van der Waals surface area contributed by atoms with Gasteiger partial charge in [0.15, 0.2) is 0 Å². The molecular formula is C20H25ClFN5O2. The fraction of sp³-hybridized carbons (Fsp3) is 0.500. The molecule has 0 spiro atoms. The number of urea groups is 2. The topological polar surface area (TPSA) is 80.5 Å². The number of halogens is 2. The molecule has 29 heavy (non-hydrogen) atoms. The number of carbonyl (C=O) groups excluding carboxylic acids is 2. The molecule has 1 aliphatic heterocycles. The van der Waals surface area contributed by atoms with Crippen molar-refractivity contribution in [1.29, 1.82) is 0 Å². The summed E-state index contributed by atoms with van der Waals surface area (Å²) in [6, 6.07) is 4.76. The van der Waals surface area contributed by atoms with Crippen LogP contribution in [0.2, 0.25) is 5.02 Å². The van der Waals surface area contributed by atoms with Crippen LogP contribution in [-0.4, -0.2) is 59.1 Å². The number of amides is 4. The van der Waals surface area contributed by atoms with Crippen LogP contribution in [0.3, 0.4) is 0 Å². The Kier molecular flexibility index (Phi) is 5.54. The maximum absolute atomic E-state index is 13.6. The third-order valence-corrected chi connectivity index (χ3v) is 5.90. The number of aromatic amines is 1. The molecule has 2 heterocycles. The number of nitrogens with one attached hydrogen (secondary N) is 3. The van der Waals surface area contributed by atoms with Crippen molar-refractivity contribution in [1.82, 2.24) is 25.4 Å². The normalized spacial score (nSPS) is 19.3. The predicted octanol–water partition coefficient (Wildman–Crippen LogP) is 3.44. The molecule has 3 N–H and O–H groups in total. The molecule has 2 aromatic rings. The molecule has 2 fully saturated rings. The van der Waals surface area contributed by atoms with Crippen LogP contribution in [0.25, 0.3) is 10.9 Å². The van der Waals surface area contributed by atoms with Gasteiger partial charge >= 0.3 is 12.1 Å². The summed E-state index contributed by atoms with van der Waals surface area (Å²) in [6.45, 7) is 1.57. The number of nitrogens with zero attached hydrogens (tertiary/aromatic N) is 2. The van der Waals surface area contributed by atoms with Gasteiger partial charge in [-0.05, 0) is 43.9 Å². The molecule has 0 radical (unpaired) electrons. The van der Waals surface area contributed by atoms with Gasteiger partial charge < -0.3 is 25.4 Å². The first-order valence-electron chi connectivity index (χ1n) is 9.95. The highest BCUT2D eigenvalue weighted by molar-refractivity contribution is 6.31. The van der Waals surface area contributed by atoms with Crippen molar-refractivity contribution in [3.63, 3.8) is 0 Å². The van der Waals surface area contributed by atoms with Crippen molar-refractivity contribution < 1.29 is 14.0 Å². The molecule has 1 aromatic carbocycles. The van der Waals surface area contributed by atoms with Crippen LogP contribution in [0.1, 0.15) is 31.4 Å². The zero-order chi connectivity index (χ0) is 20.5. The van der Waals surface area contributed by atoms with Gasteiger partial charge in [0.1, 0.15) is 5.82 Å². The minimum atomic E-state index is -0.466. The van der Waals surface area contributed by atoms with Crippen LogP contribution in [0, 0.1) is 5.82 Å². The highest BCUT2D eigenvalue weighted by Gasteiger charge is 2.39. The van der Waals surface area contributed by atoms with E-state index in [4.69, 9.17) is 11.6 Å². The maximum atomic E-state index is 13.6. The molecule has 7 nitrogen and oxygen atoms in total. The second kappa shape index (κ2) is 8.10. The maximum Gasteiger partial charge on any atom is 0.318 e. The van der Waals surface area contributed by atoms with E-state index in [0.29, 0.717) is 25.0 Å². The zero-order valence-corrected chi connectivity index (χ0v) is 17.1. The summed E-state index contributed by atoms with van der Waals surface area (Å²) in [5.74, 6) is -0.466. The number of H-pyrrole nitrogens is 1. The summed E-state index contributed by atoms with van der Waals surface area (Å²) in [5, 5.41) is 6.41. The van der Waals surface area contributed by atoms with Gasteiger partial charge in [0.2, 0.25) is 0 Å². The molecule has 0 unspecified atom stereocenters. The van der Waals surface area contributed by atoms with E-state index in [0.717, 1.165) is 36.9 Å². The number of hydrogen-bond acceptors (Lipinski definition) is 2. The van der Waals surface area contributed by atoms with Crippen LogP contribution in [0.5, 0.6) is 0 Å². The summed E-state index contributed by atoms with van der Waals surface area (Å²) < 4.78 is 13.6. The van der Waals surface area contributed by atoms with Gasteiger partial charge in [0, 0.05) is 42.8 Å². The van der Waals surface area contributed by atoms with E-state index in [1.165, 1.54) is 6.07 Å². The fourth-order valence-corrected chi connectivity index (χ4v) is 4.21. The number of aromatic nitrogens is 1. The highest BCUT2D eigenvalue weighted by atomic mass is 35.5. The number of benzene rings is 1. The first kappa shape index (κ1) is 19.8. The molecule has 0 bridgehead atoms. The Hall–Kier alpha value is -2.48. The number of carbonyl (C=O) groups is 2. The van der Waals surface area contributed by atoms with Crippen LogP contribution >= 0.6 is 11.6 Å². The molecule has 156 valence electrons. The summed E-state index contributed by atoms with van der Waals surface area (Å²) in [5.41, 5.74) is 1.51. The van der Waals surface area contributed by atoms with Crippen LogP contribution in [0.4, 0.5) is 14.0 Å². The standard InChI is InChI=1S/C20H25ClFN5O2/c1-23-19(28)26-6-2-3-15(11-26)27(14-4-5-14)20(29)24-10-13-7-12-8-17(22)16(21)9-18(12)25-13/h7-9,14-15,25H,2-6,10-11H2,1H3,(H,23,28)(H,24,29)/t15-/m1/s1. The van der Waals surface area contributed by atoms with Crippen molar-refractivity contribution in [2.75, 3.05) is 20.1 Å². The van der Waals surface area contributed by atoms with Crippen LogP contribution in [0.15, 0.2) is 18.2 Å². The van der Waals surface area contributed by atoms with E-state index in [1.54, 1.807) is 18.0 Å². The lowest BCUT2D eigenvalue weighted by molar-refractivity contribution is 0.116. The van der Waals surface area contributed by atoms with Crippen LogP contribution < -0.4 is 10.6 Å². The van der Waals surface area contributed by atoms with E-state index < -0.39 is 5.82 Å². The Morgan fingerprint density at radius 1 is 1.28 bits per heavy atom. The van der Waals surface area contributed by atoms with Gasteiger partial charge in [-0.1, -0.05) is 11.6 Å². The first-order chi connectivity index (χ1) is 14.0. The lowest BCUT2D eigenvalue weighted by atomic mass is 10.0. The van der Waals surface area contributed by atoms with Gasteiger partial charge in [-0.25, -0.2) is 14.0 Å². The number of fused-ring (bicyclic) bond motifs is 1. The van der Waals surface area contributed by atoms with Crippen molar-refractivity contribution in [2.45, 2.75) is 44.3 Å². The number of rotatable bonds is 4. The Balaban J connectivity index is 1.42. The van der Waals surface area contributed by atoms with E-state index >= 15 is 0 Å². The van der Waals surface area contributed by atoms with Crippen LogP contribution in [-0.2, 0) is 6.54 Å². The molecule has 4 amide bonds. The average Bonchev–Trinajstić information content (AvgIpc) is 3.47. The summed E-state index contributed by atoms with van der Waals surface area (Å²) in [7, 11) is 1.62. The van der Waals surface area contributed by atoms with Crippen molar-refractivity contribution in [2.24, 2.45) is 0 Å². The molecule has 1 aliphatic carbocycles. The summed E-state index contributed by atoms with van der Waals surface area (Å²) in [4.78, 5) is 31.8. The minimum absolute atomic E-state index is 0.0177. The molecule has 1 aromatic heterocycles. The quantitative estimate of drug-likeness (QED) is 0.706. The van der Waals surface area contributed by atoms with Crippen molar-refractivity contribution in [3.05, 3.63) is 34.7 Å². The van der Waals surface area contributed by atoms with Gasteiger partial charge in [0.25, 0.3) is 0 Å². The molecule has 1 saturated carbocycles. The van der Waals surface area contributed by atoms with Gasteiger partial charge in [-0.2, -0.15) is 0 Å². The largest absolute Gasteiger partial charge is 0.357 e. The predicted molar refractivity (Wildman–Crippen MR) is 109 cm³/mol. The Morgan fingerprint density at radius 3 is 2.79 bits per heavy atom. The zero-order valence-electron chi connectivity index (χ0n) is 16.3. The Bertz CT molecular complexity index is 890. The Morgan fingerprint density at radius 2 is 2.07 bits per heavy atom. The van der Waals surface area contributed by atoms with E-state index in [9.17, 15) is 14.0 Å². The molecule has 1 atom stereocenters. The number of likely N-dealkylation sites (tertiary alicyclic amines) is 1. The fourth-order valence-electron chi connectivity index (χ4n) is 4.05. The Labute approximate surface area is 173 Å². The summed E-state index contributed by atoms with van der Waals surface area (Å²) >= 11 is 5.83. The highest BCUT2D eigenvalue weighted by Crippen LogP contribution is 2.31. The van der Waals surface area contributed by atoms with E-state index in [-0.39, 0.29) is 29.2 Å². The molecule has 1 saturated heterocycles. The second-order valence-electron chi connectivity index (χ2n) is 7.74. The third kappa shape index (κ3) is 4.27. The average molecular weight is 422 g/mol. The number of hydrogen-bond donors (Lipinski definition) is 3. The SMILES string of the molecule is CNC(=O)N1CCC[C@@H](N(C(=O)NCc2cc3cc(F)c(Cl)cc3[nH]2)C2CC2)C1. The van der Waals surface area contributed by atoms with Gasteiger partial charge in [-0.3, -0.25) is 0 Å². The molecule has 9 heteroatoms. The first-order valence-corrected chi connectivity index (χ1v) is 10.3.